The first-order chi connectivity index (χ1) is 14.0. The van der Waals surface area contributed by atoms with Gasteiger partial charge in [-0.2, -0.15) is 0 Å². The van der Waals surface area contributed by atoms with Crippen molar-refractivity contribution in [2.75, 3.05) is 7.11 Å². The van der Waals surface area contributed by atoms with Crippen molar-refractivity contribution in [3.63, 3.8) is 0 Å². The van der Waals surface area contributed by atoms with E-state index in [1.165, 1.54) is 0 Å². The van der Waals surface area contributed by atoms with E-state index < -0.39 is 41.4 Å². The molecule has 2 aromatic rings. The topological polar surface area (TPSA) is 122 Å². The molecule has 2 aromatic carbocycles. The van der Waals surface area contributed by atoms with Crippen LogP contribution in [-0.4, -0.2) is 37.1 Å². The minimum absolute atomic E-state index is 0.00327. The minimum atomic E-state index is -2.06. The largest absolute Gasteiger partial charge is 0.497 e. The first-order valence-corrected chi connectivity index (χ1v) is 12.3. The summed E-state index contributed by atoms with van der Waals surface area (Å²) in [6.45, 7) is 8.06. The van der Waals surface area contributed by atoms with Crippen LogP contribution in [0.4, 0.5) is 11.4 Å². The number of benzene rings is 2. The van der Waals surface area contributed by atoms with Crippen molar-refractivity contribution in [2.45, 2.75) is 38.6 Å². The first-order valence-electron chi connectivity index (χ1n) is 9.26. The van der Waals surface area contributed by atoms with Gasteiger partial charge in [-0.3, -0.25) is 20.2 Å². The number of nitro benzene ring substituents is 2. The molecule has 2 atom stereocenters. The second kappa shape index (κ2) is 9.03. The highest BCUT2D eigenvalue weighted by molar-refractivity contribution is 6.91. The van der Waals surface area contributed by atoms with Crippen LogP contribution in [0.15, 0.2) is 42.5 Å². The molecule has 0 fully saturated rings. The maximum Gasteiger partial charge on any atom is 0.338 e. The minimum Gasteiger partial charge on any atom is -0.497 e. The third kappa shape index (κ3) is 5.01. The Hall–Kier alpha value is -3.27. The number of ether oxygens (including phenoxy) is 2. The quantitative estimate of drug-likeness (QED) is 0.267. The maximum absolute atomic E-state index is 12.6. The average Bonchev–Trinajstić information content (AvgIpc) is 2.72. The molecule has 2 rings (SSSR count). The van der Waals surface area contributed by atoms with Crippen molar-refractivity contribution in [1.29, 1.82) is 0 Å². The lowest BCUT2D eigenvalue weighted by Gasteiger charge is -2.34. The summed E-state index contributed by atoms with van der Waals surface area (Å²) in [6, 6.07) is 10.5. The maximum atomic E-state index is 12.6. The third-order valence-electron chi connectivity index (χ3n) is 5.53. The fourth-order valence-corrected chi connectivity index (χ4v) is 5.93. The summed E-state index contributed by atoms with van der Waals surface area (Å²) in [6.07, 6.45) is -0.500. The summed E-state index contributed by atoms with van der Waals surface area (Å²) in [7, 11) is -0.459. The molecule has 10 heteroatoms. The van der Waals surface area contributed by atoms with Crippen LogP contribution in [0, 0.1) is 20.2 Å². The highest BCUT2D eigenvalue weighted by Crippen LogP contribution is 2.29. The van der Waals surface area contributed by atoms with Crippen molar-refractivity contribution < 1.29 is 24.1 Å². The predicted octanol–water partition coefficient (Wildman–Crippen LogP) is 4.06. The van der Waals surface area contributed by atoms with E-state index in [4.69, 9.17) is 9.47 Å². The monoisotopic (exact) mass is 432 g/mol. The molecule has 0 spiro atoms. The number of non-ortho nitro benzene ring substituents is 2. The number of nitro groups is 2. The van der Waals surface area contributed by atoms with Crippen LogP contribution in [0.1, 0.15) is 24.2 Å². The Kier molecular flexibility index (Phi) is 6.93. The van der Waals surface area contributed by atoms with Crippen molar-refractivity contribution in [3.05, 3.63) is 68.3 Å². The molecule has 9 nitrogen and oxygen atoms in total. The summed E-state index contributed by atoms with van der Waals surface area (Å²) in [4.78, 5) is 33.1. The highest BCUT2D eigenvalue weighted by Gasteiger charge is 2.36. The van der Waals surface area contributed by atoms with Gasteiger partial charge >= 0.3 is 5.97 Å². The van der Waals surface area contributed by atoms with Crippen LogP contribution in [0.25, 0.3) is 0 Å². The van der Waals surface area contributed by atoms with Crippen molar-refractivity contribution in [2.24, 2.45) is 0 Å². The van der Waals surface area contributed by atoms with E-state index in [0.717, 1.165) is 29.1 Å². The Morgan fingerprint density at radius 3 is 1.90 bits per heavy atom. The molecule has 0 unspecified atom stereocenters. The number of carbonyl (C=O) groups excluding carboxylic acids is 1. The Labute approximate surface area is 174 Å². The van der Waals surface area contributed by atoms with Gasteiger partial charge in [0.15, 0.2) is 0 Å². The van der Waals surface area contributed by atoms with Gasteiger partial charge in [0.2, 0.25) is 0 Å². The fourth-order valence-electron chi connectivity index (χ4n) is 3.13. The van der Waals surface area contributed by atoms with E-state index in [0.29, 0.717) is 0 Å². The average molecular weight is 433 g/mol. The fraction of sp³-hybridized carbons (Fsp3) is 0.350. The normalized spacial score (nSPS) is 13.2. The lowest BCUT2D eigenvalue weighted by molar-refractivity contribution is -0.394. The molecule has 0 N–H and O–H groups in total. The molecule has 0 aromatic heterocycles. The molecule has 30 heavy (non-hydrogen) atoms. The van der Waals surface area contributed by atoms with Crippen molar-refractivity contribution >= 4 is 30.6 Å². The van der Waals surface area contributed by atoms with E-state index in [2.05, 4.69) is 13.1 Å². The predicted molar refractivity (Wildman–Crippen MR) is 114 cm³/mol. The van der Waals surface area contributed by atoms with Crippen molar-refractivity contribution in [3.8, 4) is 5.75 Å². The zero-order valence-corrected chi connectivity index (χ0v) is 18.4. The zero-order chi connectivity index (χ0) is 22.6. The highest BCUT2D eigenvalue weighted by atomic mass is 28.3. The molecule has 0 aliphatic rings. The van der Waals surface area contributed by atoms with Crippen LogP contribution in [-0.2, 0) is 4.74 Å². The second-order valence-electron chi connectivity index (χ2n) is 7.60. The molecular formula is C20H24N2O7Si. The second-order valence-corrected chi connectivity index (χ2v) is 12.5. The van der Waals surface area contributed by atoms with Gasteiger partial charge in [-0.05, 0) is 24.6 Å². The van der Waals surface area contributed by atoms with Crippen LogP contribution in [0.3, 0.4) is 0 Å². The molecule has 160 valence electrons. The number of hydrogen-bond acceptors (Lipinski definition) is 7. The van der Waals surface area contributed by atoms with Gasteiger partial charge < -0.3 is 9.47 Å². The Morgan fingerprint density at radius 1 is 0.967 bits per heavy atom. The molecule has 0 heterocycles. The number of nitrogens with zero attached hydrogens (tertiary/aromatic N) is 2. The van der Waals surface area contributed by atoms with Crippen molar-refractivity contribution in [1.82, 2.24) is 0 Å². The van der Waals surface area contributed by atoms with E-state index in [1.807, 2.05) is 31.2 Å². The van der Waals surface area contributed by atoms with E-state index >= 15 is 0 Å². The third-order valence-corrected chi connectivity index (χ3v) is 10.1. The standard InChI is InChI=1S/C20H24N2O7Si/c1-13(14(2)30(4,5)19-8-6-18(28-3)7-9-19)29-20(23)15-10-16(21(24)25)12-17(11-15)22(26)27/h6-14H,1-5H3/t13-,14+/m0/s1. The molecule has 0 aliphatic carbocycles. The van der Waals surface area contributed by atoms with Crippen LogP contribution in [0.5, 0.6) is 5.75 Å². The number of esters is 1. The summed E-state index contributed by atoms with van der Waals surface area (Å²) < 4.78 is 10.7. The molecule has 0 saturated carbocycles. The van der Waals surface area contributed by atoms with Gasteiger partial charge in [0.1, 0.15) is 5.75 Å². The molecule has 0 bridgehead atoms. The molecule has 0 aliphatic heterocycles. The number of rotatable bonds is 8. The van der Waals surface area contributed by atoms with Gasteiger partial charge in [0.25, 0.3) is 11.4 Å². The molecule has 0 radical (unpaired) electrons. The SMILES string of the molecule is COc1ccc([Si](C)(C)[C@H](C)[C@H](C)OC(=O)c2cc([N+](=O)[O-])cc([N+](=O)[O-])c2)cc1. The summed E-state index contributed by atoms with van der Waals surface area (Å²) >= 11 is 0. The lowest BCUT2D eigenvalue weighted by Crippen LogP contribution is -2.49. The number of carbonyl (C=O) groups is 1. The first kappa shape index (κ1) is 23.0. The van der Waals surface area contributed by atoms with E-state index in [1.54, 1.807) is 14.0 Å². The Balaban J connectivity index is 2.23. The van der Waals surface area contributed by atoms with Crippen LogP contribution < -0.4 is 9.92 Å². The smallest absolute Gasteiger partial charge is 0.338 e. The van der Waals surface area contributed by atoms with Gasteiger partial charge in [-0.1, -0.05) is 37.3 Å². The number of hydrogen-bond donors (Lipinski definition) is 0. The van der Waals surface area contributed by atoms with E-state index in [9.17, 15) is 25.0 Å². The van der Waals surface area contributed by atoms with Gasteiger partial charge in [-0.15, -0.1) is 0 Å². The molecule has 0 amide bonds. The molecular weight excluding hydrogens is 408 g/mol. The van der Waals surface area contributed by atoms with E-state index in [-0.39, 0.29) is 11.1 Å². The Bertz CT molecular complexity index is 928. The zero-order valence-electron chi connectivity index (χ0n) is 17.4. The summed E-state index contributed by atoms with van der Waals surface area (Å²) in [5.74, 6) is -0.0800. The molecule has 0 saturated heterocycles. The van der Waals surface area contributed by atoms with Gasteiger partial charge in [0, 0.05) is 12.1 Å². The van der Waals surface area contributed by atoms with Gasteiger partial charge in [-0.25, -0.2) is 4.79 Å². The van der Waals surface area contributed by atoms with Gasteiger partial charge in [0.05, 0.1) is 42.8 Å². The number of methoxy groups -OCH3 is 1. The summed E-state index contributed by atoms with van der Waals surface area (Å²) in [5.41, 5.74) is -1.29. The van der Waals surface area contributed by atoms with Crippen LogP contribution >= 0.6 is 0 Å². The van der Waals surface area contributed by atoms with Crippen LogP contribution in [0.2, 0.25) is 18.6 Å². The lowest BCUT2D eigenvalue weighted by atomic mass is 10.1. The Morgan fingerprint density at radius 2 is 1.47 bits per heavy atom. The summed E-state index contributed by atoms with van der Waals surface area (Å²) in [5, 5.41) is 23.2.